The lowest BCUT2D eigenvalue weighted by molar-refractivity contribution is 0.0746. The number of amides is 2. The third kappa shape index (κ3) is 6.44. The Balaban J connectivity index is 1.30. The molecule has 2 fully saturated rings. The predicted molar refractivity (Wildman–Crippen MR) is 145 cm³/mol. The molecule has 3 aromatic rings. The Morgan fingerprint density at radius 1 is 0.946 bits per heavy atom. The molecule has 2 heterocycles. The second-order valence-corrected chi connectivity index (χ2v) is 9.87. The molecule has 0 spiro atoms. The number of nitrogens with zero attached hydrogens (tertiary/aromatic N) is 5. The largest absolute Gasteiger partial charge is 0.353 e. The van der Waals surface area contributed by atoms with Crippen LogP contribution in [0.3, 0.4) is 0 Å². The highest BCUT2D eigenvalue weighted by atomic mass is 16.2. The first-order valence-corrected chi connectivity index (χ1v) is 13.1. The highest BCUT2D eigenvalue weighted by molar-refractivity contribution is 5.94. The fourth-order valence-corrected chi connectivity index (χ4v) is 4.46. The molecule has 0 radical (unpaired) electrons. The van der Waals surface area contributed by atoms with Crippen molar-refractivity contribution < 1.29 is 9.59 Å². The second-order valence-electron chi connectivity index (χ2n) is 9.87. The molecule has 2 aliphatic rings. The molecular formula is C29H34N6O2. The number of aromatic nitrogens is 2. The van der Waals surface area contributed by atoms with Gasteiger partial charge in [0.1, 0.15) is 11.5 Å². The maximum Gasteiger partial charge on any atom is 0.270 e. The first kappa shape index (κ1) is 24.7. The minimum atomic E-state index is -0.161. The molecule has 192 valence electrons. The SMILES string of the molecule is CN(CCc1ccccc1)c1nc(C(=O)NCC2CC2)cc(N2CCN(C(=O)c3ccccc3)CC2)n1. The molecule has 5 rings (SSSR count). The van der Waals surface area contributed by atoms with Crippen LogP contribution in [-0.2, 0) is 6.42 Å². The molecule has 1 saturated heterocycles. The molecule has 1 aliphatic heterocycles. The molecule has 1 N–H and O–H groups in total. The molecule has 1 saturated carbocycles. The predicted octanol–water partition coefficient (Wildman–Crippen LogP) is 3.26. The van der Waals surface area contributed by atoms with Crippen LogP contribution >= 0.6 is 0 Å². The summed E-state index contributed by atoms with van der Waals surface area (Å²) in [6.45, 7) is 3.91. The number of carbonyl (C=O) groups excluding carboxylic acids is 2. The Labute approximate surface area is 218 Å². The van der Waals surface area contributed by atoms with Crippen molar-refractivity contribution in [1.29, 1.82) is 0 Å². The van der Waals surface area contributed by atoms with Gasteiger partial charge >= 0.3 is 0 Å². The number of rotatable bonds is 9. The van der Waals surface area contributed by atoms with Crippen molar-refractivity contribution in [3.05, 3.63) is 83.6 Å². The number of nitrogens with one attached hydrogen (secondary N) is 1. The zero-order chi connectivity index (χ0) is 25.6. The summed E-state index contributed by atoms with van der Waals surface area (Å²) >= 11 is 0. The van der Waals surface area contributed by atoms with E-state index in [4.69, 9.17) is 4.98 Å². The van der Waals surface area contributed by atoms with Gasteiger partial charge < -0.3 is 20.0 Å². The van der Waals surface area contributed by atoms with Crippen LogP contribution in [0, 0.1) is 5.92 Å². The standard InChI is InChI=1S/C29H34N6O2/c1-33(15-14-22-8-4-2-5-9-22)29-31-25(27(36)30-21-23-12-13-23)20-26(32-29)34-16-18-35(19-17-34)28(37)24-10-6-3-7-11-24/h2-11,20,23H,12-19,21H2,1H3,(H,30,36). The highest BCUT2D eigenvalue weighted by Crippen LogP contribution is 2.27. The lowest BCUT2D eigenvalue weighted by atomic mass is 10.1. The molecular weight excluding hydrogens is 464 g/mol. The van der Waals surface area contributed by atoms with Crippen molar-refractivity contribution in [2.45, 2.75) is 19.3 Å². The van der Waals surface area contributed by atoms with Gasteiger partial charge in [0.2, 0.25) is 5.95 Å². The number of anilines is 2. The second kappa shape index (κ2) is 11.4. The number of hydrogen-bond acceptors (Lipinski definition) is 6. The van der Waals surface area contributed by atoms with Crippen LogP contribution in [0.4, 0.5) is 11.8 Å². The van der Waals surface area contributed by atoms with Crippen molar-refractivity contribution in [2.75, 3.05) is 56.1 Å². The average Bonchev–Trinajstić information content (AvgIpc) is 3.80. The quantitative estimate of drug-likeness (QED) is 0.488. The van der Waals surface area contributed by atoms with Gasteiger partial charge in [-0.25, -0.2) is 4.98 Å². The maximum absolute atomic E-state index is 13.0. The number of benzene rings is 2. The Kier molecular flexibility index (Phi) is 7.63. The van der Waals surface area contributed by atoms with E-state index in [1.807, 2.05) is 65.4 Å². The Morgan fingerprint density at radius 3 is 2.30 bits per heavy atom. The summed E-state index contributed by atoms with van der Waals surface area (Å²) in [5.41, 5.74) is 2.33. The Morgan fingerprint density at radius 2 is 1.62 bits per heavy atom. The third-order valence-corrected chi connectivity index (χ3v) is 7.01. The van der Waals surface area contributed by atoms with E-state index in [1.165, 1.54) is 18.4 Å². The number of hydrogen-bond donors (Lipinski definition) is 1. The van der Waals surface area contributed by atoms with Gasteiger partial charge in [-0.3, -0.25) is 9.59 Å². The summed E-state index contributed by atoms with van der Waals surface area (Å²) in [7, 11) is 1.96. The minimum absolute atomic E-state index is 0.0458. The summed E-state index contributed by atoms with van der Waals surface area (Å²) in [6.07, 6.45) is 3.21. The van der Waals surface area contributed by atoms with Gasteiger partial charge in [-0.1, -0.05) is 48.5 Å². The monoisotopic (exact) mass is 498 g/mol. The van der Waals surface area contributed by atoms with Crippen molar-refractivity contribution >= 4 is 23.6 Å². The third-order valence-electron chi connectivity index (χ3n) is 7.01. The van der Waals surface area contributed by atoms with Crippen LogP contribution in [-0.4, -0.2) is 73.0 Å². The fourth-order valence-electron chi connectivity index (χ4n) is 4.46. The van der Waals surface area contributed by atoms with Crippen molar-refractivity contribution in [2.24, 2.45) is 5.92 Å². The van der Waals surface area contributed by atoms with Crippen molar-refractivity contribution in [3.8, 4) is 0 Å². The van der Waals surface area contributed by atoms with Crippen LogP contribution in [0.15, 0.2) is 66.7 Å². The fraction of sp³-hybridized carbons (Fsp3) is 0.379. The van der Waals surface area contributed by atoms with Gasteiger partial charge in [0.25, 0.3) is 11.8 Å². The zero-order valence-electron chi connectivity index (χ0n) is 21.3. The van der Waals surface area contributed by atoms with Gasteiger partial charge in [-0.05, 0) is 42.9 Å². The summed E-state index contributed by atoms with van der Waals surface area (Å²) < 4.78 is 0. The van der Waals surface area contributed by atoms with Gasteiger partial charge in [-0.15, -0.1) is 0 Å². The van der Waals surface area contributed by atoms with Crippen LogP contribution in [0.1, 0.15) is 39.3 Å². The molecule has 0 atom stereocenters. The van der Waals surface area contributed by atoms with E-state index in [0.717, 1.165) is 18.8 Å². The summed E-state index contributed by atoms with van der Waals surface area (Å²) in [6, 6.07) is 21.5. The zero-order valence-corrected chi connectivity index (χ0v) is 21.3. The number of piperazine rings is 1. The van der Waals surface area contributed by atoms with E-state index in [0.29, 0.717) is 55.8 Å². The van der Waals surface area contributed by atoms with E-state index < -0.39 is 0 Å². The lowest BCUT2D eigenvalue weighted by Gasteiger charge is -2.35. The first-order chi connectivity index (χ1) is 18.1. The molecule has 0 unspecified atom stereocenters. The van der Waals surface area contributed by atoms with Crippen LogP contribution < -0.4 is 15.1 Å². The van der Waals surface area contributed by atoms with Gasteiger partial charge in [-0.2, -0.15) is 4.98 Å². The normalized spacial score (nSPS) is 15.4. The summed E-state index contributed by atoms with van der Waals surface area (Å²) in [5, 5.41) is 3.04. The highest BCUT2D eigenvalue weighted by Gasteiger charge is 2.26. The molecule has 2 aromatic carbocycles. The first-order valence-electron chi connectivity index (χ1n) is 13.1. The van der Waals surface area contributed by atoms with Crippen LogP contribution in [0.25, 0.3) is 0 Å². The molecule has 8 nitrogen and oxygen atoms in total. The van der Waals surface area contributed by atoms with Crippen molar-refractivity contribution in [1.82, 2.24) is 20.2 Å². The lowest BCUT2D eigenvalue weighted by Crippen LogP contribution is -2.49. The maximum atomic E-state index is 13.0. The van der Waals surface area contributed by atoms with Gasteiger partial charge in [0.15, 0.2) is 0 Å². The van der Waals surface area contributed by atoms with E-state index in [2.05, 4.69) is 27.3 Å². The molecule has 1 aromatic heterocycles. The molecule has 0 bridgehead atoms. The van der Waals surface area contributed by atoms with Crippen LogP contribution in [0.2, 0.25) is 0 Å². The number of carbonyl (C=O) groups is 2. The molecule has 2 amide bonds. The summed E-state index contributed by atoms with van der Waals surface area (Å²) in [5.74, 6) is 1.73. The van der Waals surface area contributed by atoms with E-state index in [9.17, 15) is 9.59 Å². The average molecular weight is 499 g/mol. The Bertz CT molecular complexity index is 1210. The number of likely N-dealkylation sites (N-methyl/N-ethyl adjacent to an activating group) is 1. The van der Waals surface area contributed by atoms with Crippen molar-refractivity contribution in [3.63, 3.8) is 0 Å². The molecule has 1 aliphatic carbocycles. The topological polar surface area (TPSA) is 81.7 Å². The van der Waals surface area contributed by atoms with E-state index >= 15 is 0 Å². The van der Waals surface area contributed by atoms with Gasteiger partial charge in [0, 0.05) is 57.9 Å². The smallest absolute Gasteiger partial charge is 0.270 e. The summed E-state index contributed by atoms with van der Waals surface area (Å²) in [4.78, 5) is 41.3. The molecule has 37 heavy (non-hydrogen) atoms. The van der Waals surface area contributed by atoms with E-state index in [1.54, 1.807) is 6.07 Å². The van der Waals surface area contributed by atoms with E-state index in [-0.39, 0.29) is 11.8 Å². The minimum Gasteiger partial charge on any atom is -0.353 e. The Hall–Kier alpha value is -3.94. The van der Waals surface area contributed by atoms with Gasteiger partial charge in [0.05, 0.1) is 0 Å². The van der Waals surface area contributed by atoms with Crippen LogP contribution in [0.5, 0.6) is 0 Å². The molecule has 8 heteroatoms.